The lowest BCUT2D eigenvalue weighted by molar-refractivity contribution is 0.156. The van der Waals surface area contributed by atoms with Gasteiger partial charge in [-0.3, -0.25) is 0 Å². The minimum atomic E-state index is -0.0396. The molecule has 1 saturated heterocycles. The molecule has 108 valence electrons. The van der Waals surface area contributed by atoms with Crippen molar-refractivity contribution in [2.75, 3.05) is 25.2 Å². The van der Waals surface area contributed by atoms with Gasteiger partial charge in [0.1, 0.15) is 0 Å². The van der Waals surface area contributed by atoms with Crippen LogP contribution in [-0.2, 0) is 0 Å². The number of carbonyl (C=O) groups excluding carboxylic acids is 1. The van der Waals surface area contributed by atoms with E-state index >= 15 is 0 Å². The Morgan fingerprint density at radius 3 is 2.65 bits per heavy atom. The Kier molecular flexibility index (Phi) is 3.42. The second-order valence-corrected chi connectivity index (χ2v) is 5.85. The van der Waals surface area contributed by atoms with Gasteiger partial charge in [0.2, 0.25) is 6.79 Å². The van der Waals surface area contributed by atoms with Crippen LogP contribution in [-0.4, -0.2) is 30.8 Å². The van der Waals surface area contributed by atoms with Crippen LogP contribution < -0.4 is 14.8 Å². The van der Waals surface area contributed by atoms with Crippen LogP contribution in [0.4, 0.5) is 10.5 Å². The third-order valence-corrected chi connectivity index (χ3v) is 3.78. The lowest BCUT2D eigenvalue weighted by Gasteiger charge is -2.34. The van der Waals surface area contributed by atoms with Crippen molar-refractivity contribution in [2.24, 2.45) is 11.8 Å². The third-order valence-electron chi connectivity index (χ3n) is 3.78. The number of carbonyl (C=O) groups is 1. The molecule has 1 fully saturated rings. The number of piperidine rings is 1. The molecule has 1 aromatic rings. The molecule has 1 N–H and O–H groups in total. The summed E-state index contributed by atoms with van der Waals surface area (Å²) in [5, 5.41) is 2.93. The highest BCUT2D eigenvalue weighted by atomic mass is 16.7. The van der Waals surface area contributed by atoms with E-state index in [0.29, 0.717) is 17.6 Å². The summed E-state index contributed by atoms with van der Waals surface area (Å²) in [7, 11) is 0. The molecular formula is C15H20N2O3. The van der Waals surface area contributed by atoms with Crippen molar-refractivity contribution in [3.8, 4) is 11.5 Å². The number of anilines is 1. The monoisotopic (exact) mass is 276 g/mol. The molecule has 0 spiro atoms. The highest BCUT2D eigenvalue weighted by molar-refractivity contribution is 5.89. The van der Waals surface area contributed by atoms with Crippen LogP contribution in [0.1, 0.15) is 20.3 Å². The molecule has 2 aliphatic heterocycles. The van der Waals surface area contributed by atoms with Crippen LogP contribution in [0.15, 0.2) is 18.2 Å². The summed E-state index contributed by atoms with van der Waals surface area (Å²) in [5.41, 5.74) is 0.741. The number of amides is 2. The number of nitrogens with zero attached hydrogens (tertiary/aromatic N) is 1. The van der Waals surface area contributed by atoms with Crippen LogP contribution in [0, 0.1) is 11.8 Å². The van der Waals surface area contributed by atoms with Gasteiger partial charge < -0.3 is 19.7 Å². The fraction of sp³-hybridized carbons (Fsp3) is 0.533. The Morgan fingerprint density at radius 1 is 1.20 bits per heavy atom. The molecule has 0 saturated carbocycles. The maximum Gasteiger partial charge on any atom is 0.321 e. The van der Waals surface area contributed by atoms with Crippen molar-refractivity contribution in [3.63, 3.8) is 0 Å². The van der Waals surface area contributed by atoms with Gasteiger partial charge in [0.25, 0.3) is 0 Å². The van der Waals surface area contributed by atoms with E-state index in [-0.39, 0.29) is 12.8 Å². The van der Waals surface area contributed by atoms with Gasteiger partial charge in [0, 0.05) is 24.8 Å². The number of urea groups is 1. The van der Waals surface area contributed by atoms with Gasteiger partial charge in [0.15, 0.2) is 11.5 Å². The number of hydrogen-bond donors (Lipinski definition) is 1. The van der Waals surface area contributed by atoms with E-state index in [4.69, 9.17) is 9.47 Å². The molecule has 2 heterocycles. The molecule has 0 radical (unpaired) electrons. The standard InChI is InChI=1S/C15H20N2O3/c1-10-5-11(2)8-17(7-10)15(18)16-12-3-4-13-14(6-12)20-9-19-13/h3-4,6,10-11H,5,7-9H2,1-2H3,(H,16,18)/t10-,11-/m0/s1. The summed E-state index contributed by atoms with van der Waals surface area (Å²) in [4.78, 5) is 14.2. The predicted molar refractivity (Wildman–Crippen MR) is 76.1 cm³/mol. The van der Waals surface area contributed by atoms with E-state index in [0.717, 1.165) is 24.5 Å². The SMILES string of the molecule is C[C@H]1C[C@H](C)CN(C(=O)Nc2ccc3c(c2)OCO3)C1. The number of hydrogen-bond acceptors (Lipinski definition) is 3. The second kappa shape index (κ2) is 5.23. The summed E-state index contributed by atoms with van der Waals surface area (Å²) in [6.07, 6.45) is 1.19. The summed E-state index contributed by atoms with van der Waals surface area (Å²) in [6.45, 7) is 6.27. The molecule has 20 heavy (non-hydrogen) atoms. The van der Waals surface area contributed by atoms with E-state index in [1.165, 1.54) is 6.42 Å². The average Bonchev–Trinajstić information content (AvgIpc) is 2.85. The van der Waals surface area contributed by atoms with Crippen molar-refractivity contribution in [3.05, 3.63) is 18.2 Å². The molecule has 0 aliphatic carbocycles. The second-order valence-electron chi connectivity index (χ2n) is 5.85. The highest BCUT2D eigenvalue weighted by Gasteiger charge is 2.25. The molecule has 5 nitrogen and oxygen atoms in total. The molecule has 5 heteroatoms. The van der Waals surface area contributed by atoms with E-state index in [2.05, 4.69) is 19.2 Å². The van der Waals surface area contributed by atoms with Crippen LogP contribution in [0.3, 0.4) is 0 Å². The van der Waals surface area contributed by atoms with Gasteiger partial charge in [-0.1, -0.05) is 13.8 Å². The quantitative estimate of drug-likeness (QED) is 0.858. The van der Waals surface area contributed by atoms with Gasteiger partial charge in [-0.25, -0.2) is 4.79 Å². The summed E-state index contributed by atoms with van der Waals surface area (Å²) in [6, 6.07) is 5.42. The van der Waals surface area contributed by atoms with Crippen molar-refractivity contribution in [2.45, 2.75) is 20.3 Å². The minimum absolute atomic E-state index is 0.0396. The number of rotatable bonds is 1. The first-order valence-electron chi connectivity index (χ1n) is 7.07. The van der Waals surface area contributed by atoms with E-state index in [1.807, 2.05) is 17.0 Å². The molecule has 2 aliphatic rings. The van der Waals surface area contributed by atoms with Crippen molar-refractivity contribution >= 4 is 11.7 Å². The number of likely N-dealkylation sites (tertiary alicyclic amines) is 1. The molecule has 2 atom stereocenters. The first kappa shape index (κ1) is 13.1. The van der Waals surface area contributed by atoms with Crippen molar-refractivity contribution in [1.82, 2.24) is 4.90 Å². The lowest BCUT2D eigenvalue weighted by atomic mass is 9.92. The fourth-order valence-corrected chi connectivity index (χ4v) is 3.01. The highest BCUT2D eigenvalue weighted by Crippen LogP contribution is 2.34. The molecule has 0 unspecified atom stereocenters. The number of nitrogens with one attached hydrogen (secondary N) is 1. The number of ether oxygens (including phenoxy) is 2. The van der Waals surface area contributed by atoms with Crippen LogP contribution in [0.2, 0.25) is 0 Å². The predicted octanol–water partition coefficient (Wildman–Crippen LogP) is 2.93. The summed E-state index contributed by atoms with van der Waals surface area (Å²) < 4.78 is 10.6. The first-order chi connectivity index (χ1) is 9.61. The molecule has 2 amide bonds. The minimum Gasteiger partial charge on any atom is -0.454 e. The van der Waals surface area contributed by atoms with E-state index in [9.17, 15) is 4.79 Å². The number of benzene rings is 1. The van der Waals surface area contributed by atoms with Gasteiger partial charge >= 0.3 is 6.03 Å². The van der Waals surface area contributed by atoms with Gasteiger partial charge in [-0.05, 0) is 30.4 Å². The lowest BCUT2D eigenvalue weighted by Crippen LogP contribution is -2.44. The molecule has 3 rings (SSSR count). The zero-order valence-electron chi connectivity index (χ0n) is 11.9. The third kappa shape index (κ3) is 2.66. The zero-order chi connectivity index (χ0) is 14.1. The number of fused-ring (bicyclic) bond motifs is 1. The summed E-state index contributed by atoms with van der Waals surface area (Å²) in [5.74, 6) is 2.52. The van der Waals surface area contributed by atoms with Crippen LogP contribution in [0.5, 0.6) is 11.5 Å². The molecular weight excluding hydrogens is 256 g/mol. The molecule has 0 bridgehead atoms. The normalized spacial score (nSPS) is 24.6. The molecule has 1 aromatic carbocycles. The Balaban J connectivity index is 1.66. The Bertz CT molecular complexity index is 508. The van der Waals surface area contributed by atoms with Crippen molar-refractivity contribution in [1.29, 1.82) is 0 Å². The Labute approximate surface area is 118 Å². The molecule has 0 aromatic heterocycles. The van der Waals surface area contributed by atoms with Gasteiger partial charge in [-0.15, -0.1) is 0 Å². The fourth-order valence-electron chi connectivity index (χ4n) is 3.01. The maximum absolute atomic E-state index is 12.3. The Morgan fingerprint density at radius 2 is 1.90 bits per heavy atom. The van der Waals surface area contributed by atoms with Gasteiger partial charge in [-0.2, -0.15) is 0 Å². The smallest absolute Gasteiger partial charge is 0.321 e. The zero-order valence-corrected chi connectivity index (χ0v) is 11.9. The van der Waals surface area contributed by atoms with E-state index in [1.54, 1.807) is 6.07 Å². The topological polar surface area (TPSA) is 50.8 Å². The first-order valence-corrected chi connectivity index (χ1v) is 7.07. The van der Waals surface area contributed by atoms with Crippen LogP contribution >= 0.6 is 0 Å². The van der Waals surface area contributed by atoms with Crippen LogP contribution in [0.25, 0.3) is 0 Å². The van der Waals surface area contributed by atoms with Crippen molar-refractivity contribution < 1.29 is 14.3 Å². The van der Waals surface area contributed by atoms with E-state index < -0.39 is 0 Å². The summed E-state index contributed by atoms with van der Waals surface area (Å²) >= 11 is 0. The average molecular weight is 276 g/mol. The largest absolute Gasteiger partial charge is 0.454 e. The van der Waals surface area contributed by atoms with Gasteiger partial charge in [0.05, 0.1) is 0 Å². The Hall–Kier alpha value is -1.91. The maximum atomic E-state index is 12.3.